The van der Waals surface area contributed by atoms with Crippen molar-refractivity contribution in [1.29, 1.82) is 0 Å². The van der Waals surface area contributed by atoms with Crippen molar-refractivity contribution in [3.63, 3.8) is 0 Å². The highest BCUT2D eigenvalue weighted by Crippen LogP contribution is 2.37. The topological polar surface area (TPSA) is 44.1 Å². The second-order valence-electron chi connectivity index (χ2n) is 8.59. The molecule has 0 saturated heterocycles. The van der Waals surface area contributed by atoms with Gasteiger partial charge in [0.05, 0.1) is 18.1 Å². The summed E-state index contributed by atoms with van der Waals surface area (Å²) in [5, 5.41) is 1.73. The van der Waals surface area contributed by atoms with E-state index < -0.39 is 0 Å². The average molecular weight is 419 g/mol. The molecule has 0 bridgehead atoms. The molecule has 1 saturated carbocycles. The number of ether oxygens (including phenoxy) is 1. The minimum Gasteiger partial charge on any atom is -0.372 e. The van der Waals surface area contributed by atoms with E-state index >= 15 is 0 Å². The molecule has 4 rings (SSSR count). The lowest BCUT2D eigenvalue weighted by Gasteiger charge is -2.27. The Morgan fingerprint density at radius 2 is 2.11 bits per heavy atom. The predicted octanol–water partition coefficient (Wildman–Crippen LogP) is 5.73. The Morgan fingerprint density at radius 3 is 2.79 bits per heavy atom. The summed E-state index contributed by atoms with van der Waals surface area (Å²) in [7, 11) is 0. The minimum atomic E-state index is 0.169. The van der Waals surface area contributed by atoms with Gasteiger partial charge in [0.1, 0.15) is 4.83 Å². The number of hydrogen-bond acceptors (Lipinski definition) is 5. The van der Waals surface area contributed by atoms with Crippen molar-refractivity contribution < 1.29 is 4.74 Å². The van der Waals surface area contributed by atoms with Crippen molar-refractivity contribution in [3.8, 4) is 0 Å². The van der Waals surface area contributed by atoms with Crippen molar-refractivity contribution in [1.82, 2.24) is 9.55 Å². The van der Waals surface area contributed by atoms with Crippen LogP contribution in [0.5, 0.6) is 0 Å². The summed E-state index contributed by atoms with van der Waals surface area (Å²) >= 11 is 3.30. The first-order valence-corrected chi connectivity index (χ1v) is 12.2. The summed E-state index contributed by atoms with van der Waals surface area (Å²) < 4.78 is 8.08. The molecule has 0 N–H and O–H groups in total. The van der Waals surface area contributed by atoms with Crippen molar-refractivity contribution in [3.05, 3.63) is 32.9 Å². The second-order valence-corrected chi connectivity index (χ2v) is 10.6. The zero-order valence-electron chi connectivity index (χ0n) is 17.1. The molecular formula is C22H30N2O2S2. The maximum atomic E-state index is 13.8. The van der Waals surface area contributed by atoms with Gasteiger partial charge in [-0.2, -0.15) is 0 Å². The molecule has 1 aliphatic carbocycles. The van der Waals surface area contributed by atoms with E-state index in [0.717, 1.165) is 46.0 Å². The standard InChI is InChI=1S/C22H30N2O2S2/c1-13(2)12-27-22-23-20-19(21(25)24(22)15-8-6-5-7-9-15)16-10-17(14(3)4)26-11-18(16)28-20/h14-15,17H,1,5-12H2,2-4H3. The van der Waals surface area contributed by atoms with Crippen LogP contribution in [0.15, 0.2) is 22.1 Å². The van der Waals surface area contributed by atoms with Crippen molar-refractivity contribution in [2.45, 2.75) is 83.2 Å². The van der Waals surface area contributed by atoms with Crippen LogP contribution in [0, 0.1) is 5.92 Å². The molecule has 1 atom stereocenters. The molecule has 1 aliphatic heterocycles. The van der Waals surface area contributed by atoms with Crippen LogP contribution < -0.4 is 5.56 Å². The maximum Gasteiger partial charge on any atom is 0.263 e. The average Bonchev–Trinajstić information content (AvgIpc) is 3.04. The maximum absolute atomic E-state index is 13.8. The lowest BCUT2D eigenvalue weighted by atomic mass is 9.94. The smallest absolute Gasteiger partial charge is 0.263 e. The van der Waals surface area contributed by atoms with Crippen molar-refractivity contribution in [2.75, 3.05) is 5.75 Å². The fourth-order valence-electron chi connectivity index (χ4n) is 4.30. The highest BCUT2D eigenvalue weighted by atomic mass is 32.2. The van der Waals surface area contributed by atoms with Crippen molar-refractivity contribution in [2.24, 2.45) is 5.92 Å². The second kappa shape index (κ2) is 8.33. The fourth-order valence-corrected chi connectivity index (χ4v) is 6.37. The predicted molar refractivity (Wildman–Crippen MR) is 119 cm³/mol. The third-order valence-electron chi connectivity index (χ3n) is 5.87. The Kier molecular flexibility index (Phi) is 6.00. The van der Waals surface area contributed by atoms with Crippen LogP contribution in [0.1, 0.15) is 69.4 Å². The fraction of sp³-hybridized carbons (Fsp3) is 0.636. The number of thioether (sulfide) groups is 1. The van der Waals surface area contributed by atoms with E-state index in [4.69, 9.17) is 9.72 Å². The van der Waals surface area contributed by atoms with Crippen molar-refractivity contribution >= 4 is 33.3 Å². The molecule has 0 amide bonds. The molecule has 1 fully saturated rings. The van der Waals surface area contributed by atoms with Gasteiger partial charge >= 0.3 is 0 Å². The molecule has 2 aliphatic rings. The van der Waals surface area contributed by atoms with Crippen LogP contribution in [-0.4, -0.2) is 21.4 Å². The van der Waals surface area contributed by atoms with E-state index in [1.54, 1.807) is 23.1 Å². The Morgan fingerprint density at radius 1 is 1.36 bits per heavy atom. The lowest BCUT2D eigenvalue weighted by Crippen LogP contribution is -2.31. The Bertz CT molecular complexity index is 938. The van der Waals surface area contributed by atoms with Gasteiger partial charge in [-0.25, -0.2) is 4.98 Å². The van der Waals surface area contributed by atoms with Gasteiger partial charge < -0.3 is 4.74 Å². The lowest BCUT2D eigenvalue weighted by molar-refractivity contribution is 0.00200. The Balaban J connectivity index is 1.84. The highest BCUT2D eigenvalue weighted by Gasteiger charge is 2.30. The van der Waals surface area contributed by atoms with E-state index in [-0.39, 0.29) is 17.7 Å². The van der Waals surface area contributed by atoms with Gasteiger partial charge in [-0.05, 0) is 31.2 Å². The van der Waals surface area contributed by atoms with Crippen LogP contribution in [0.3, 0.4) is 0 Å². The normalized spacial score (nSPS) is 20.6. The van der Waals surface area contributed by atoms with Gasteiger partial charge in [0.15, 0.2) is 5.16 Å². The van der Waals surface area contributed by atoms with Gasteiger partial charge in [-0.3, -0.25) is 9.36 Å². The summed E-state index contributed by atoms with van der Waals surface area (Å²) in [5.41, 5.74) is 2.47. The van der Waals surface area contributed by atoms with E-state index in [1.807, 2.05) is 11.5 Å². The molecule has 28 heavy (non-hydrogen) atoms. The SMILES string of the molecule is C=C(C)CSc1nc2sc3c(c2c(=O)n1C1CCCCC1)CC(C(C)C)OC3. The van der Waals surface area contributed by atoms with Gasteiger partial charge in [-0.15, -0.1) is 11.3 Å². The summed E-state index contributed by atoms with van der Waals surface area (Å²) in [5.74, 6) is 1.25. The largest absolute Gasteiger partial charge is 0.372 e. The summed E-state index contributed by atoms with van der Waals surface area (Å²) in [6.07, 6.45) is 6.85. The number of hydrogen-bond donors (Lipinski definition) is 0. The molecule has 0 aromatic carbocycles. The Hall–Kier alpha value is -1.11. The first kappa shape index (κ1) is 20.2. The third-order valence-corrected chi connectivity index (χ3v) is 8.16. The van der Waals surface area contributed by atoms with E-state index in [2.05, 4.69) is 20.4 Å². The molecule has 1 unspecified atom stereocenters. The Labute approximate surface area is 175 Å². The molecule has 0 radical (unpaired) electrons. The van der Waals surface area contributed by atoms with E-state index in [9.17, 15) is 4.79 Å². The molecule has 0 spiro atoms. The van der Waals surface area contributed by atoms with Gasteiger partial charge in [0, 0.05) is 23.1 Å². The zero-order chi connectivity index (χ0) is 19.8. The molecule has 2 aromatic rings. The van der Waals surface area contributed by atoms with Crippen LogP contribution in [0.4, 0.5) is 0 Å². The van der Waals surface area contributed by atoms with Gasteiger partial charge in [-0.1, -0.05) is 57.0 Å². The van der Waals surface area contributed by atoms with E-state index in [1.165, 1.54) is 29.7 Å². The molecule has 2 aromatic heterocycles. The summed E-state index contributed by atoms with van der Waals surface area (Å²) in [6.45, 7) is 11.0. The number of aromatic nitrogens is 2. The summed E-state index contributed by atoms with van der Waals surface area (Å²) in [4.78, 5) is 20.8. The van der Waals surface area contributed by atoms with Gasteiger partial charge in [0.25, 0.3) is 5.56 Å². The first-order chi connectivity index (χ1) is 13.5. The molecular weight excluding hydrogens is 388 g/mol. The van der Waals surface area contributed by atoms with E-state index in [0.29, 0.717) is 12.5 Å². The minimum absolute atomic E-state index is 0.169. The third kappa shape index (κ3) is 3.83. The zero-order valence-corrected chi connectivity index (χ0v) is 18.8. The first-order valence-electron chi connectivity index (χ1n) is 10.4. The highest BCUT2D eigenvalue weighted by molar-refractivity contribution is 7.99. The number of thiophene rings is 1. The van der Waals surface area contributed by atoms with Crippen LogP contribution >= 0.6 is 23.1 Å². The van der Waals surface area contributed by atoms with Crippen LogP contribution in [-0.2, 0) is 17.8 Å². The van der Waals surface area contributed by atoms with Crippen LogP contribution in [0.25, 0.3) is 10.2 Å². The molecule has 3 heterocycles. The summed E-state index contributed by atoms with van der Waals surface area (Å²) in [6, 6.07) is 0.280. The molecule has 152 valence electrons. The molecule has 6 heteroatoms. The quantitative estimate of drug-likeness (QED) is 0.353. The number of nitrogens with zero attached hydrogens (tertiary/aromatic N) is 2. The van der Waals surface area contributed by atoms with Gasteiger partial charge in [0.2, 0.25) is 0 Å². The van der Waals surface area contributed by atoms with Crippen LogP contribution in [0.2, 0.25) is 0 Å². The number of fused-ring (bicyclic) bond motifs is 3. The number of rotatable bonds is 5. The monoisotopic (exact) mass is 418 g/mol. The molecule has 4 nitrogen and oxygen atoms in total.